The summed E-state index contributed by atoms with van der Waals surface area (Å²) < 4.78 is 20.8. The van der Waals surface area contributed by atoms with E-state index in [1.54, 1.807) is 16.7 Å². The van der Waals surface area contributed by atoms with Gasteiger partial charge in [0.2, 0.25) is 5.43 Å². The van der Waals surface area contributed by atoms with Crippen LogP contribution < -0.4 is 10.7 Å². The molecule has 1 fully saturated rings. The Morgan fingerprint density at radius 2 is 2.06 bits per heavy atom. The molecule has 2 aromatic rings. The van der Waals surface area contributed by atoms with Crippen LogP contribution in [0.5, 0.6) is 0 Å². The second kappa shape index (κ2) is 11.7. The van der Waals surface area contributed by atoms with E-state index >= 15 is 0 Å². The summed E-state index contributed by atoms with van der Waals surface area (Å²) in [6.45, 7) is 9.56. The zero-order valence-corrected chi connectivity index (χ0v) is 19.8. The number of rotatable bonds is 10. The lowest BCUT2D eigenvalue weighted by molar-refractivity contribution is 0.0773. The van der Waals surface area contributed by atoms with Gasteiger partial charge in [-0.25, -0.2) is 4.39 Å². The lowest BCUT2D eigenvalue weighted by atomic mass is 10.1. The monoisotopic (exact) mass is 469 g/mol. The predicted molar refractivity (Wildman–Crippen MR) is 129 cm³/mol. The summed E-state index contributed by atoms with van der Waals surface area (Å²) in [5, 5.41) is 2.73. The quantitative estimate of drug-likeness (QED) is 0.542. The first kappa shape index (κ1) is 25.4. The number of ether oxygens (including phenoxy) is 1. The fraction of sp³-hybridized carbons (Fsp3) is 0.423. The Balaban J connectivity index is 1.85. The summed E-state index contributed by atoms with van der Waals surface area (Å²) in [5.74, 6) is -1.35. The van der Waals surface area contributed by atoms with Crippen LogP contribution in [-0.2, 0) is 17.7 Å². The summed E-state index contributed by atoms with van der Waals surface area (Å²) in [6.07, 6.45) is 5.19. The Morgan fingerprint density at radius 1 is 1.29 bits per heavy atom. The van der Waals surface area contributed by atoms with Gasteiger partial charge in [-0.2, -0.15) is 0 Å². The van der Waals surface area contributed by atoms with Crippen LogP contribution in [0.15, 0.2) is 53.6 Å². The van der Waals surface area contributed by atoms with Crippen molar-refractivity contribution in [1.82, 2.24) is 14.8 Å². The molecule has 0 radical (unpaired) electrons. The van der Waals surface area contributed by atoms with Gasteiger partial charge in [-0.3, -0.25) is 14.4 Å². The molecule has 1 N–H and O–H groups in total. The average Bonchev–Trinajstić information content (AvgIpc) is 3.31. The van der Waals surface area contributed by atoms with Gasteiger partial charge < -0.3 is 19.5 Å². The van der Waals surface area contributed by atoms with Gasteiger partial charge in [-0.15, -0.1) is 0 Å². The van der Waals surface area contributed by atoms with Crippen molar-refractivity contribution in [3.05, 3.63) is 81.5 Å². The molecule has 0 spiro atoms. The summed E-state index contributed by atoms with van der Waals surface area (Å²) in [5.41, 5.74) is 0.755. The normalized spacial score (nSPS) is 15.2. The minimum atomic E-state index is -0.614. The molecule has 1 aromatic carbocycles. The van der Waals surface area contributed by atoms with E-state index in [1.807, 2.05) is 13.8 Å². The molecule has 8 heteroatoms. The number of halogens is 1. The molecule has 34 heavy (non-hydrogen) atoms. The van der Waals surface area contributed by atoms with Crippen LogP contribution >= 0.6 is 0 Å². The minimum absolute atomic E-state index is 0.0351. The number of nitrogens with zero attached hydrogens (tertiary/aromatic N) is 2. The molecule has 2 amide bonds. The summed E-state index contributed by atoms with van der Waals surface area (Å²) in [4.78, 5) is 40.9. The molecule has 1 atom stereocenters. The Bertz CT molecular complexity index is 1110. The lowest BCUT2D eigenvalue weighted by Crippen LogP contribution is -2.39. The molecule has 0 saturated carbocycles. The van der Waals surface area contributed by atoms with E-state index in [9.17, 15) is 18.8 Å². The van der Waals surface area contributed by atoms with Crippen LogP contribution in [0.1, 0.15) is 53.0 Å². The van der Waals surface area contributed by atoms with Crippen molar-refractivity contribution in [3.8, 4) is 0 Å². The Labute approximate surface area is 199 Å². The third kappa shape index (κ3) is 6.63. The molecule has 1 aliphatic rings. The maximum Gasteiger partial charge on any atom is 0.259 e. The summed E-state index contributed by atoms with van der Waals surface area (Å²) >= 11 is 0. The highest BCUT2D eigenvalue weighted by molar-refractivity contribution is 5.99. The van der Waals surface area contributed by atoms with Crippen molar-refractivity contribution in [3.63, 3.8) is 0 Å². The van der Waals surface area contributed by atoms with Gasteiger partial charge >= 0.3 is 0 Å². The molecule has 0 unspecified atom stereocenters. The zero-order valence-electron chi connectivity index (χ0n) is 19.8. The molecular formula is C26H32FN3O4. The molecule has 1 saturated heterocycles. The molecular weight excluding hydrogens is 437 g/mol. The molecule has 2 heterocycles. The number of amides is 2. The first-order valence-electron chi connectivity index (χ1n) is 11.6. The van der Waals surface area contributed by atoms with Crippen molar-refractivity contribution in [2.75, 3.05) is 26.2 Å². The second-order valence-electron chi connectivity index (χ2n) is 8.66. The number of likely N-dealkylation sites (N-methyl/N-ethyl adjacent to an activating group) is 1. The van der Waals surface area contributed by atoms with Crippen LogP contribution in [0.2, 0.25) is 0 Å². The molecule has 0 aliphatic carbocycles. The lowest BCUT2D eigenvalue weighted by Gasteiger charge is -2.22. The molecule has 3 rings (SSSR count). The van der Waals surface area contributed by atoms with E-state index in [0.717, 1.165) is 24.0 Å². The molecule has 0 bridgehead atoms. The van der Waals surface area contributed by atoms with Crippen molar-refractivity contribution < 1.29 is 18.7 Å². The summed E-state index contributed by atoms with van der Waals surface area (Å²) in [7, 11) is 0. The third-order valence-electron chi connectivity index (χ3n) is 5.71. The van der Waals surface area contributed by atoms with Crippen LogP contribution in [0.25, 0.3) is 0 Å². The predicted octanol–water partition coefficient (Wildman–Crippen LogP) is 3.18. The number of carbonyl (C=O) groups is 2. The van der Waals surface area contributed by atoms with Crippen LogP contribution in [-0.4, -0.2) is 53.6 Å². The van der Waals surface area contributed by atoms with E-state index in [-0.39, 0.29) is 29.6 Å². The largest absolute Gasteiger partial charge is 0.376 e. The Morgan fingerprint density at radius 3 is 2.71 bits per heavy atom. The van der Waals surface area contributed by atoms with Gasteiger partial charge in [0.25, 0.3) is 11.8 Å². The van der Waals surface area contributed by atoms with E-state index in [4.69, 9.17) is 4.74 Å². The van der Waals surface area contributed by atoms with Crippen molar-refractivity contribution in [2.24, 2.45) is 0 Å². The Kier molecular flexibility index (Phi) is 8.76. The van der Waals surface area contributed by atoms with Crippen LogP contribution in [0.4, 0.5) is 4.39 Å². The fourth-order valence-electron chi connectivity index (χ4n) is 4.01. The van der Waals surface area contributed by atoms with E-state index in [0.29, 0.717) is 32.7 Å². The first-order valence-corrected chi connectivity index (χ1v) is 11.6. The Hall–Kier alpha value is -3.26. The number of hydrogen-bond acceptors (Lipinski definition) is 4. The van der Waals surface area contributed by atoms with Gasteiger partial charge in [-0.1, -0.05) is 24.3 Å². The average molecular weight is 470 g/mol. The van der Waals surface area contributed by atoms with E-state index in [1.165, 1.54) is 29.4 Å². The standard InChI is InChI=1S/C26H32FN3O4/c1-4-30(14-18(2)3)26(33)23-17-29(15-21-9-6-12-34-21)16-22(24(23)31)25(32)28-11-10-19-7-5-8-20(27)13-19/h5,7-8,13,16-17,21H,2,4,6,9-12,14-15H2,1,3H3,(H,28,32)/t21-/m1/s1. The summed E-state index contributed by atoms with van der Waals surface area (Å²) in [6, 6.07) is 6.13. The topological polar surface area (TPSA) is 80.6 Å². The number of nitrogens with one attached hydrogen (secondary N) is 1. The highest BCUT2D eigenvalue weighted by atomic mass is 19.1. The first-order chi connectivity index (χ1) is 16.3. The zero-order chi connectivity index (χ0) is 24.7. The third-order valence-corrected chi connectivity index (χ3v) is 5.71. The smallest absolute Gasteiger partial charge is 0.259 e. The van der Waals surface area contributed by atoms with Gasteiger partial charge in [0.1, 0.15) is 16.9 Å². The van der Waals surface area contributed by atoms with Crippen LogP contribution in [0, 0.1) is 5.82 Å². The molecule has 1 aromatic heterocycles. The molecule has 1 aliphatic heterocycles. The number of benzene rings is 1. The van der Waals surface area contributed by atoms with E-state index < -0.39 is 17.2 Å². The SMILES string of the molecule is C=C(C)CN(CC)C(=O)c1cn(C[C@H]2CCCO2)cc(C(=O)NCCc2cccc(F)c2)c1=O. The van der Waals surface area contributed by atoms with Gasteiger partial charge in [0.15, 0.2) is 0 Å². The second-order valence-corrected chi connectivity index (χ2v) is 8.66. The fourth-order valence-corrected chi connectivity index (χ4v) is 4.01. The highest BCUT2D eigenvalue weighted by Crippen LogP contribution is 2.15. The minimum Gasteiger partial charge on any atom is -0.376 e. The van der Waals surface area contributed by atoms with Crippen molar-refractivity contribution >= 4 is 11.8 Å². The van der Waals surface area contributed by atoms with Gasteiger partial charge in [0, 0.05) is 45.2 Å². The van der Waals surface area contributed by atoms with Crippen LogP contribution in [0.3, 0.4) is 0 Å². The number of aromatic nitrogens is 1. The van der Waals surface area contributed by atoms with Gasteiger partial charge in [0.05, 0.1) is 6.10 Å². The maximum absolute atomic E-state index is 13.4. The molecule has 7 nitrogen and oxygen atoms in total. The van der Waals surface area contributed by atoms with E-state index in [2.05, 4.69) is 11.9 Å². The number of carbonyl (C=O) groups excluding carboxylic acids is 2. The van der Waals surface area contributed by atoms with Crippen molar-refractivity contribution in [2.45, 2.75) is 45.8 Å². The van der Waals surface area contributed by atoms with Gasteiger partial charge in [-0.05, 0) is 50.8 Å². The van der Waals surface area contributed by atoms with Crippen molar-refractivity contribution in [1.29, 1.82) is 0 Å². The number of pyridine rings is 1. The molecule has 182 valence electrons. The number of hydrogen-bond donors (Lipinski definition) is 1. The maximum atomic E-state index is 13.4. The highest BCUT2D eigenvalue weighted by Gasteiger charge is 2.24.